The van der Waals surface area contributed by atoms with E-state index in [0.717, 1.165) is 18.9 Å². The van der Waals surface area contributed by atoms with E-state index >= 15 is 0 Å². The van der Waals surface area contributed by atoms with E-state index in [0.29, 0.717) is 18.9 Å². The van der Waals surface area contributed by atoms with E-state index < -0.39 is 0 Å². The molecular formula is C12H25ClN2O. The molecule has 1 aliphatic carbocycles. The van der Waals surface area contributed by atoms with Crippen LogP contribution in [0.4, 0.5) is 0 Å². The maximum atomic E-state index is 11.3. The van der Waals surface area contributed by atoms with E-state index in [1.54, 1.807) is 0 Å². The zero-order valence-electron chi connectivity index (χ0n) is 10.2. The summed E-state index contributed by atoms with van der Waals surface area (Å²) in [7, 11) is 0. The number of hydrogen-bond acceptors (Lipinski definition) is 2. The quantitative estimate of drug-likeness (QED) is 0.783. The van der Waals surface area contributed by atoms with E-state index in [1.165, 1.54) is 25.7 Å². The fraction of sp³-hybridized carbons (Fsp3) is 0.917. The molecule has 96 valence electrons. The Hall–Kier alpha value is -0.280. The van der Waals surface area contributed by atoms with E-state index in [-0.39, 0.29) is 18.3 Å². The molecule has 1 aliphatic rings. The Morgan fingerprint density at radius 1 is 1.31 bits per heavy atom. The number of nitrogens with one attached hydrogen (secondary N) is 1. The van der Waals surface area contributed by atoms with Crippen LogP contribution >= 0.6 is 12.4 Å². The molecule has 0 atom stereocenters. The molecule has 1 saturated carbocycles. The maximum absolute atomic E-state index is 11.3. The molecule has 0 aromatic rings. The molecule has 0 aromatic heterocycles. The average molecular weight is 249 g/mol. The van der Waals surface area contributed by atoms with Crippen LogP contribution in [0.2, 0.25) is 0 Å². The molecule has 0 bridgehead atoms. The van der Waals surface area contributed by atoms with Gasteiger partial charge in [-0.3, -0.25) is 4.79 Å². The molecule has 0 spiro atoms. The van der Waals surface area contributed by atoms with Crippen molar-refractivity contribution in [3.63, 3.8) is 0 Å². The molecule has 1 amide bonds. The Balaban J connectivity index is 0.00000225. The summed E-state index contributed by atoms with van der Waals surface area (Å²) in [6.07, 6.45) is 6.58. The minimum atomic E-state index is 0. The maximum Gasteiger partial charge on any atom is 0.220 e. The molecule has 1 rings (SSSR count). The number of hydrogen-bond donors (Lipinski definition) is 2. The third kappa shape index (κ3) is 6.33. The topological polar surface area (TPSA) is 55.1 Å². The van der Waals surface area contributed by atoms with E-state index in [9.17, 15) is 4.79 Å². The summed E-state index contributed by atoms with van der Waals surface area (Å²) >= 11 is 0. The molecule has 0 aliphatic heterocycles. The lowest BCUT2D eigenvalue weighted by Crippen LogP contribution is -2.31. The van der Waals surface area contributed by atoms with Crippen molar-refractivity contribution in [1.82, 2.24) is 5.32 Å². The van der Waals surface area contributed by atoms with E-state index in [2.05, 4.69) is 12.2 Å². The highest BCUT2D eigenvalue weighted by Crippen LogP contribution is 2.27. The number of halogens is 1. The first-order chi connectivity index (χ1) is 7.22. The second-order valence-electron chi connectivity index (χ2n) is 4.82. The van der Waals surface area contributed by atoms with Crippen molar-refractivity contribution in [2.24, 2.45) is 17.6 Å². The van der Waals surface area contributed by atoms with Gasteiger partial charge in [0, 0.05) is 13.0 Å². The Bertz CT molecular complexity index is 191. The van der Waals surface area contributed by atoms with Gasteiger partial charge in [0.25, 0.3) is 0 Å². The second-order valence-corrected chi connectivity index (χ2v) is 4.82. The third-order valence-corrected chi connectivity index (χ3v) is 3.33. The number of amides is 1. The molecule has 3 nitrogen and oxygen atoms in total. The standard InChI is InChI=1S/C12H24N2O.ClH/c1-10-4-6-11(7-5-10)9-14-12(15)3-2-8-13;/h10-11H,2-9,13H2,1H3,(H,14,15);1H. The van der Waals surface area contributed by atoms with Crippen LogP contribution in [-0.4, -0.2) is 19.0 Å². The minimum absolute atomic E-state index is 0. The zero-order chi connectivity index (χ0) is 11.1. The summed E-state index contributed by atoms with van der Waals surface area (Å²) in [5, 5.41) is 3.01. The van der Waals surface area contributed by atoms with Crippen LogP contribution in [0, 0.1) is 11.8 Å². The zero-order valence-corrected chi connectivity index (χ0v) is 11.0. The highest BCUT2D eigenvalue weighted by Gasteiger charge is 2.18. The average Bonchev–Trinajstić information content (AvgIpc) is 2.25. The minimum Gasteiger partial charge on any atom is -0.356 e. The Kier molecular flexibility index (Phi) is 8.67. The summed E-state index contributed by atoms with van der Waals surface area (Å²) in [4.78, 5) is 11.3. The van der Waals surface area contributed by atoms with Gasteiger partial charge in [-0.1, -0.05) is 19.8 Å². The van der Waals surface area contributed by atoms with Gasteiger partial charge in [0.1, 0.15) is 0 Å². The van der Waals surface area contributed by atoms with Crippen molar-refractivity contribution >= 4 is 18.3 Å². The second kappa shape index (κ2) is 8.82. The predicted molar refractivity (Wildman–Crippen MR) is 69.7 cm³/mol. The smallest absolute Gasteiger partial charge is 0.220 e. The Morgan fingerprint density at radius 3 is 2.50 bits per heavy atom. The number of carbonyl (C=O) groups excluding carboxylic acids is 1. The molecule has 0 aromatic carbocycles. The third-order valence-electron chi connectivity index (χ3n) is 3.33. The van der Waals surface area contributed by atoms with Gasteiger partial charge in [-0.05, 0) is 37.6 Å². The normalized spacial score (nSPS) is 24.6. The fourth-order valence-electron chi connectivity index (χ4n) is 2.14. The van der Waals surface area contributed by atoms with Gasteiger partial charge in [-0.2, -0.15) is 0 Å². The first-order valence-corrected chi connectivity index (χ1v) is 6.19. The van der Waals surface area contributed by atoms with Crippen LogP contribution in [0.15, 0.2) is 0 Å². The Labute approximate surface area is 105 Å². The van der Waals surface area contributed by atoms with Crippen molar-refractivity contribution in [3.8, 4) is 0 Å². The van der Waals surface area contributed by atoms with Crippen LogP contribution in [0.3, 0.4) is 0 Å². The molecule has 0 unspecified atom stereocenters. The van der Waals surface area contributed by atoms with Crippen molar-refractivity contribution in [3.05, 3.63) is 0 Å². The molecule has 0 heterocycles. The van der Waals surface area contributed by atoms with Gasteiger partial charge in [0.2, 0.25) is 5.91 Å². The number of rotatable bonds is 5. The van der Waals surface area contributed by atoms with Crippen molar-refractivity contribution in [1.29, 1.82) is 0 Å². The molecule has 4 heteroatoms. The molecular weight excluding hydrogens is 224 g/mol. The van der Waals surface area contributed by atoms with E-state index in [1.807, 2.05) is 0 Å². The molecule has 1 fully saturated rings. The molecule has 3 N–H and O–H groups in total. The van der Waals surface area contributed by atoms with Crippen molar-refractivity contribution in [2.45, 2.75) is 45.4 Å². The number of carbonyl (C=O) groups is 1. The van der Waals surface area contributed by atoms with Crippen LogP contribution in [0.5, 0.6) is 0 Å². The van der Waals surface area contributed by atoms with Crippen molar-refractivity contribution < 1.29 is 4.79 Å². The van der Waals surface area contributed by atoms with Gasteiger partial charge in [-0.25, -0.2) is 0 Å². The highest BCUT2D eigenvalue weighted by molar-refractivity contribution is 5.85. The summed E-state index contributed by atoms with van der Waals surface area (Å²) < 4.78 is 0. The summed E-state index contributed by atoms with van der Waals surface area (Å²) in [5.74, 6) is 1.76. The predicted octanol–water partition coefficient (Wildman–Crippen LogP) is 2.09. The van der Waals surface area contributed by atoms with Gasteiger partial charge in [0.15, 0.2) is 0 Å². The molecule has 0 radical (unpaired) electrons. The lowest BCUT2D eigenvalue weighted by atomic mass is 9.83. The summed E-state index contributed by atoms with van der Waals surface area (Å²) in [6, 6.07) is 0. The van der Waals surface area contributed by atoms with Gasteiger partial charge >= 0.3 is 0 Å². The lowest BCUT2D eigenvalue weighted by Gasteiger charge is -2.26. The fourth-order valence-corrected chi connectivity index (χ4v) is 2.14. The lowest BCUT2D eigenvalue weighted by molar-refractivity contribution is -0.121. The largest absolute Gasteiger partial charge is 0.356 e. The summed E-state index contributed by atoms with van der Waals surface area (Å²) in [6.45, 7) is 3.79. The van der Waals surface area contributed by atoms with Gasteiger partial charge < -0.3 is 11.1 Å². The molecule has 16 heavy (non-hydrogen) atoms. The molecule has 0 saturated heterocycles. The van der Waals surface area contributed by atoms with Crippen molar-refractivity contribution in [2.75, 3.05) is 13.1 Å². The monoisotopic (exact) mass is 248 g/mol. The van der Waals surface area contributed by atoms with E-state index in [4.69, 9.17) is 5.73 Å². The SMILES string of the molecule is CC1CCC(CNC(=O)CCCN)CC1.Cl. The first-order valence-electron chi connectivity index (χ1n) is 6.19. The van der Waals surface area contributed by atoms with Crippen LogP contribution in [-0.2, 0) is 4.79 Å². The summed E-state index contributed by atoms with van der Waals surface area (Å²) in [5.41, 5.74) is 5.35. The number of nitrogens with two attached hydrogens (primary N) is 1. The Morgan fingerprint density at radius 2 is 1.94 bits per heavy atom. The first kappa shape index (κ1) is 15.7. The highest BCUT2D eigenvalue weighted by atomic mass is 35.5. The van der Waals surface area contributed by atoms with Gasteiger partial charge in [0.05, 0.1) is 0 Å². The van der Waals surface area contributed by atoms with Crippen LogP contribution in [0.1, 0.15) is 45.4 Å². The van der Waals surface area contributed by atoms with Crippen LogP contribution in [0.25, 0.3) is 0 Å². The van der Waals surface area contributed by atoms with Crippen LogP contribution < -0.4 is 11.1 Å². The van der Waals surface area contributed by atoms with Gasteiger partial charge in [-0.15, -0.1) is 12.4 Å².